The van der Waals surface area contributed by atoms with Crippen molar-refractivity contribution >= 4 is 5.69 Å². The average molecular weight is 196 g/mol. The number of nitrogens with zero attached hydrogens (tertiary/aromatic N) is 1. The van der Waals surface area contributed by atoms with Crippen LogP contribution < -0.4 is 5.73 Å². The number of nitriles is 1. The van der Waals surface area contributed by atoms with Crippen molar-refractivity contribution in [2.45, 2.75) is 20.8 Å². The van der Waals surface area contributed by atoms with Gasteiger partial charge in [-0.25, -0.2) is 4.39 Å². The number of hydrogen-bond acceptors (Lipinski definition) is 3. The van der Waals surface area contributed by atoms with E-state index in [1.165, 1.54) is 6.92 Å². The molecular formula is C10H13FN2O. The summed E-state index contributed by atoms with van der Waals surface area (Å²) in [6, 6.07) is 2.78. The number of hydrogen-bond donors (Lipinski definition) is 2. The third-order valence-electron chi connectivity index (χ3n) is 1.63. The Hall–Kier alpha value is -1.76. The molecule has 0 aromatic heterocycles. The summed E-state index contributed by atoms with van der Waals surface area (Å²) in [5, 5.41) is 17.5. The van der Waals surface area contributed by atoms with Gasteiger partial charge < -0.3 is 10.8 Å². The van der Waals surface area contributed by atoms with Crippen LogP contribution >= 0.6 is 0 Å². The van der Waals surface area contributed by atoms with Crippen LogP contribution in [0.2, 0.25) is 0 Å². The molecule has 0 saturated carbocycles. The molecule has 0 aliphatic rings. The Labute approximate surface area is 82.6 Å². The highest BCUT2D eigenvalue weighted by Gasteiger charge is 2.12. The number of anilines is 1. The molecule has 0 aliphatic carbocycles. The summed E-state index contributed by atoms with van der Waals surface area (Å²) in [5.74, 6) is -0.987. The lowest BCUT2D eigenvalue weighted by Gasteiger charge is -2.04. The molecule has 14 heavy (non-hydrogen) atoms. The second-order valence-electron chi connectivity index (χ2n) is 2.41. The lowest BCUT2D eigenvalue weighted by molar-refractivity contribution is 0.463. The number of rotatable bonds is 0. The fraction of sp³-hybridized carbons (Fsp3) is 0.300. The molecule has 1 rings (SSSR count). The second-order valence-corrected chi connectivity index (χ2v) is 2.41. The normalized spacial score (nSPS) is 8.50. The first kappa shape index (κ1) is 12.2. The van der Waals surface area contributed by atoms with Crippen LogP contribution in [0.3, 0.4) is 0 Å². The van der Waals surface area contributed by atoms with Crippen molar-refractivity contribution in [1.82, 2.24) is 0 Å². The molecule has 0 saturated heterocycles. The minimum atomic E-state index is -0.755. The molecule has 0 amide bonds. The summed E-state index contributed by atoms with van der Waals surface area (Å²) in [5.41, 5.74) is 5.06. The van der Waals surface area contributed by atoms with E-state index < -0.39 is 5.82 Å². The molecular weight excluding hydrogens is 183 g/mol. The molecule has 1 aromatic carbocycles. The summed E-state index contributed by atoms with van der Waals surface area (Å²) in [7, 11) is 0. The molecule has 0 spiro atoms. The molecule has 0 radical (unpaired) electrons. The van der Waals surface area contributed by atoms with Gasteiger partial charge in [-0.15, -0.1) is 0 Å². The van der Waals surface area contributed by atoms with Gasteiger partial charge in [0.1, 0.15) is 23.2 Å². The summed E-state index contributed by atoms with van der Waals surface area (Å²) in [6.07, 6.45) is 0. The van der Waals surface area contributed by atoms with Crippen molar-refractivity contribution in [3.8, 4) is 11.8 Å². The van der Waals surface area contributed by atoms with Crippen molar-refractivity contribution < 1.29 is 9.50 Å². The lowest BCUT2D eigenvalue weighted by atomic mass is 10.1. The van der Waals surface area contributed by atoms with Crippen molar-refractivity contribution in [1.29, 1.82) is 5.26 Å². The van der Waals surface area contributed by atoms with E-state index in [-0.39, 0.29) is 22.6 Å². The first-order valence-electron chi connectivity index (χ1n) is 4.25. The van der Waals surface area contributed by atoms with Gasteiger partial charge in [-0.1, -0.05) is 13.8 Å². The Morgan fingerprint density at radius 1 is 1.50 bits per heavy atom. The van der Waals surface area contributed by atoms with Crippen LogP contribution in [0.1, 0.15) is 25.0 Å². The van der Waals surface area contributed by atoms with Crippen LogP contribution in [-0.4, -0.2) is 5.11 Å². The molecule has 0 unspecified atom stereocenters. The Bertz CT molecular complexity index is 369. The smallest absolute Gasteiger partial charge is 0.149 e. The summed E-state index contributed by atoms with van der Waals surface area (Å²) in [6.45, 7) is 5.38. The first-order valence-corrected chi connectivity index (χ1v) is 4.25. The lowest BCUT2D eigenvalue weighted by Crippen LogP contribution is -1.96. The van der Waals surface area contributed by atoms with Crippen LogP contribution in [0.15, 0.2) is 6.07 Å². The van der Waals surface area contributed by atoms with Crippen LogP contribution in [-0.2, 0) is 0 Å². The Kier molecular flexibility index (Phi) is 4.44. The zero-order valence-electron chi connectivity index (χ0n) is 8.43. The van der Waals surface area contributed by atoms with E-state index in [2.05, 4.69) is 0 Å². The van der Waals surface area contributed by atoms with Gasteiger partial charge in [0.15, 0.2) is 0 Å². The van der Waals surface area contributed by atoms with Crippen molar-refractivity contribution in [2.75, 3.05) is 5.73 Å². The number of nitrogens with two attached hydrogens (primary N) is 1. The molecule has 0 bridgehead atoms. The summed E-state index contributed by atoms with van der Waals surface area (Å²) >= 11 is 0. The maximum Gasteiger partial charge on any atom is 0.149 e. The average Bonchev–Trinajstić information content (AvgIpc) is 2.18. The molecule has 0 fully saturated rings. The van der Waals surface area contributed by atoms with E-state index in [9.17, 15) is 4.39 Å². The fourth-order valence-corrected chi connectivity index (χ4v) is 0.868. The number of benzene rings is 1. The van der Waals surface area contributed by atoms with Gasteiger partial charge in [0, 0.05) is 11.6 Å². The molecule has 3 N–H and O–H groups in total. The highest BCUT2D eigenvalue weighted by atomic mass is 19.1. The number of halogens is 1. The highest BCUT2D eigenvalue weighted by Crippen LogP contribution is 2.26. The number of nitrogen functional groups attached to an aromatic ring is 1. The van der Waals surface area contributed by atoms with E-state index in [0.29, 0.717) is 0 Å². The van der Waals surface area contributed by atoms with E-state index in [0.717, 1.165) is 6.07 Å². The van der Waals surface area contributed by atoms with Gasteiger partial charge in [0.25, 0.3) is 0 Å². The van der Waals surface area contributed by atoms with Crippen LogP contribution in [0.25, 0.3) is 0 Å². The summed E-state index contributed by atoms with van der Waals surface area (Å²) < 4.78 is 13.1. The third-order valence-corrected chi connectivity index (χ3v) is 1.63. The van der Waals surface area contributed by atoms with Gasteiger partial charge in [0.2, 0.25) is 0 Å². The second kappa shape index (κ2) is 5.07. The predicted molar refractivity (Wildman–Crippen MR) is 53.3 cm³/mol. The molecule has 76 valence electrons. The van der Waals surface area contributed by atoms with Gasteiger partial charge in [-0.05, 0) is 6.92 Å². The summed E-state index contributed by atoms with van der Waals surface area (Å²) in [4.78, 5) is 0. The number of aromatic hydroxyl groups is 1. The molecule has 3 nitrogen and oxygen atoms in total. The largest absolute Gasteiger partial charge is 0.507 e. The topological polar surface area (TPSA) is 70.0 Å². The van der Waals surface area contributed by atoms with Gasteiger partial charge in [-0.2, -0.15) is 5.26 Å². The maximum absolute atomic E-state index is 13.1. The van der Waals surface area contributed by atoms with Crippen LogP contribution in [0.5, 0.6) is 5.75 Å². The van der Waals surface area contributed by atoms with E-state index in [1.54, 1.807) is 6.07 Å². The van der Waals surface area contributed by atoms with E-state index in [1.807, 2.05) is 13.8 Å². The van der Waals surface area contributed by atoms with Crippen molar-refractivity contribution in [3.63, 3.8) is 0 Å². The van der Waals surface area contributed by atoms with Crippen molar-refractivity contribution in [3.05, 3.63) is 23.0 Å². The molecule has 0 aliphatic heterocycles. The SMILES string of the molecule is CC.Cc1c(O)cc(N)c(C#N)c1F. The van der Waals surface area contributed by atoms with E-state index >= 15 is 0 Å². The minimum Gasteiger partial charge on any atom is -0.507 e. The third kappa shape index (κ3) is 2.13. The Morgan fingerprint density at radius 3 is 2.43 bits per heavy atom. The van der Waals surface area contributed by atoms with Crippen LogP contribution in [0, 0.1) is 24.1 Å². The predicted octanol–water partition coefficient (Wildman–Crippen LogP) is 2.32. The van der Waals surface area contributed by atoms with Crippen molar-refractivity contribution in [2.24, 2.45) is 0 Å². The number of phenols is 1. The quantitative estimate of drug-likeness (QED) is 0.625. The Morgan fingerprint density at radius 2 is 2.00 bits per heavy atom. The van der Waals surface area contributed by atoms with Gasteiger partial charge >= 0.3 is 0 Å². The van der Waals surface area contributed by atoms with Crippen LogP contribution in [0.4, 0.5) is 10.1 Å². The first-order chi connectivity index (χ1) is 6.57. The zero-order chi connectivity index (χ0) is 11.3. The fourth-order valence-electron chi connectivity index (χ4n) is 0.868. The molecule has 4 heteroatoms. The standard InChI is InChI=1S/C8H7FN2O.C2H6/c1-4-7(12)2-6(11)5(3-10)8(4)9;1-2/h2,12H,11H2,1H3;1-2H3. The number of phenolic OH excluding ortho intramolecular Hbond substituents is 1. The molecule has 0 atom stereocenters. The molecule has 1 aromatic rings. The minimum absolute atomic E-state index is 0.0424. The monoisotopic (exact) mass is 196 g/mol. The Balaban J connectivity index is 0.000000791. The van der Waals surface area contributed by atoms with Gasteiger partial charge in [-0.3, -0.25) is 0 Å². The molecule has 0 heterocycles. The van der Waals surface area contributed by atoms with Gasteiger partial charge in [0.05, 0.1) is 5.69 Å². The highest BCUT2D eigenvalue weighted by molar-refractivity contribution is 5.60. The van der Waals surface area contributed by atoms with E-state index in [4.69, 9.17) is 16.1 Å². The maximum atomic E-state index is 13.1. The zero-order valence-corrected chi connectivity index (χ0v) is 8.43.